The van der Waals surface area contributed by atoms with E-state index in [2.05, 4.69) is 37.2 Å². The first kappa shape index (κ1) is 29.9. The Morgan fingerprint density at radius 2 is 1.53 bits per heavy atom. The zero-order chi connectivity index (χ0) is 27.7. The van der Waals surface area contributed by atoms with Crippen molar-refractivity contribution >= 4 is 59.4 Å². The number of amides is 2. The number of carbonyl (C=O) groups excluding carboxylic acids is 2. The van der Waals surface area contributed by atoms with Crippen LogP contribution in [0.15, 0.2) is 87.8 Å². The highest BCUT2D eigenvalue weighted by atomic mass is 79.9. The molecule has 0 aromatic heterocycles. The molecule has 3 rings (SSSR count). The second-order valence-electron chi connectivity index (χ2n) is 8.87. The lowest BCUT2D eigenvalue weighted by Crippen LogP contribution is -2.53. The average molecular weight is 665 g/mol. The molecule has 0 saturated carbocycles. The van der Waals surface area contributed by atoms with E-state index in [1.165, 1.54) is 4.90 Å². The predicted molar refractivity (Wildman–Crippen MR) is 158 cm³/mol. The quantitative estimate of drug-likeness (QED) is 0.291. The Balaban J connectivity index is 2.04. The summed E-state index contributed by atoms with van der Waals surface area (Å²) in [4.78, 5) is 28.9. The third-order valence-electron chi connectivity index (χ3n) is 5.89. The van der Waals surface area contributed by atoms with Crippen LogP contribution in [-0.4, -0.2) is 50.5 Å². The van der Waals surface area contributed by atoms with Gasteiger partial charge in [0.25, 0.3) is 0 Å². The van der Waals surface area contributed by atoms with E-state index in [0.29, 0.717) is 16.7 Å². The van der Waals surface area contributed by atoms with E-state index in [9.17, 15) is 18.0 Å². The minimum absolute atomic E-state index is 0.136. The van der Waals surface area contributed by atoms with Crippen molar-refractivity contribution in [2.75, 3.05) is 23.7 Å². The van der Waals surface area contributed by atoms with Crippen molar-refractivity contribution in [1.82, 2.24) is 10.2 Å². The minimum Gasteiger partial charge on any atom is -0.354 e. The summed E-state index contributed by atoms with van der Waals surface area (Å²) in [5, 5.41) is 2.93. The molecule has 0 heterocycles. The van der Waals surface area contributed by atoms with Gasteiger partial charge in [-0.2, -0.15) is 0 Å². The summed E-state index contributed by atoms with van der Waals surface area (Å²) in [7, 11) is -3.82. The van der Waals surface area contributed by atoms with Gasteiger partial charge in [0.2, 0.25) is 21.8 Å². The Bertz CT molecular complexity index is 1340. The molecule has 1 atom stereocenters. The van der Waals surface area contributed by atoms with E-state index in [1.807, 2.05) is 61.5 Å². The third kappa shape index (κ3) is 8.41. The molecule has 38 heavy (non-hydrogen) atoms. The number of hydrogen-bond acceptors (Lipinski definition) is 4. The minimum atomic E-state index is -3.82. The molecular formula is C28H31Br2N3O4S. The molecule has 10 heteroatoms. The first-order valence-corrected chi connectivity index (χ1v) is 15.6. The topological polar surface area (TPSA) is 86.8 Å². The van der Waals surface area contributed by atoms with Crippen molar-refractivity contribution in [3.8, 4) is 0 Å². The van der Waals surface area contributed by atoms with Crippen molar-refractivity contribution in [1.29, 1.82) is 0 Å². The Labute approximate surface area is 241 Å². The lowest BCUT2D eigenvalue weighted by atomic mass is 10.0. The summed E-state index contributed by atoms with van der Waals surface area (Å²) < 4.78 is 28.1. The largest absolute Gasteiger partial charge is 0.354 e. The molecule has 0 aliphatic rings. The number of nitrogens with one attached hydrogen (secondary N) is 1. The van der Waals surface area contributed by atoms with Crippen LogP contribution in [0.1, 0.15) is 24.5 Å². The van der Waals surface area contributed by atoms with Gasteiger partial charge in [0.1, 0.15) is 12.6 Å². The molecule has 0 spiro atoms. The lowest BCUT2D eigenvalue weighted by Gasteiger charge is -2.33. The molecule has 1 N–H and O–H groups in total. The fraction of sp³-hybridized carbons (Fsp3) is 0.286. The van der Waals surface area contributed by atoms with Crippen LogP contribution in [0.4, 0.5) is 5.69 Å². The Morgan fingerprint density at radius 3 is 2.13 bits per heavy atom. The molecule has 0 bridgehead atoms. The highest BCUT2D eigenvalue weighted by molar-refractivity contribution is 9.10. The molecule has 7 nitrogen and oxygen atoms in total. The summed E-state index contributed by atoms with van der Waals surface area (Å²) in [5.41, 5.74) is 2.06. The second kappa shape index (κ2) is 13.9. The van der Waals surface area contributed by atoms with E-state index in [0.717, 1.165) is 32.6 Å². The number of para-hydroxylation sites is 1. The number of anilines is 1. The van der Waals surface area contributed by atoms with Crippen LogP contribution in [-0.2, 0) is 32.6 Å². The molecule has 2 amide bonds. The highest BCUT2D eigenvalue weighted by Crippen LogP contribution is 2.28. The number of rotatable bonds is 12. The number of hydrogen-bond donors (Lipinski definition) is 1. The molecule has 0 aliphatic carbocycles. The zero-order valence-corrected chi connectivity index (χ0v) is 25.3. The van der Waals surface area contributed by atoms with Gasteiger partial charge in [0.15, 0.2) is 0 Å². The molecule has 0 fully saturated rings. The van der Waals surface area contributed by atoms with Crippen molar-refractivity contribution in [3.63, 3.8) is 0 Å². The molecule has 0 saturated heterocycles. The van der Waals surface area contributed by atoms with Crippen LogP contribution in [0.3, 0.4) is 0 Å². The molecule has 3 aromatic carbocycles. The zero-order valence-electron chi connectivity index (χ0n) is 21.3. The summed E-state index contributed by atoms with van der Waals surface area (Å²) in [6.07, 6.45) is 2.09. The normalized spacial score (nSPS) is 12.0. The van der Waals surface area contributed by atoms with Crippen LogP contribution in [0, 0.1) is 0 Å². The van der Waals surface area contributed by atoms with E-state index in [-0.39, 0.29) is 18.9 Å². The molecule has 1 unspecified atom stereocenters. The van der Waals surface area contributed by atoms with Crippen molar-refractivity contribution < 1.29 is 18.0 Å². The standard InChI is InChI=1S/C28H31Br2N3O4S/c1-3-17-31-28(35)26(18-21-9-5-4-6-10-21)32(19-22-13-15-23(29)16-14-22)27(34)20-33(38(2,36)37)25-12-8-7-11-24(25)30/h4-16,26H,3,17-20H2,1-2H3,(H,31,35). The van der Waals surface area contributed by atoms with E-state index >= 15 is 0 Å². The maximum Gasteiger partial charge on any atom is 0.244 e. The first-order valence-electron chi connectivity index (χ1n) is 12.2. The van der Waals surface area contributed by atoms with Crippen LogP contribution >= 0.6 is 31.9 Å². The highest BCUT2D eigenvalue weighted by Gasteiger charge is 2.33. The van der Waals surface area contributed by atoms with Crippen LogP contribution in [0.2, 0.25) is 0 Å². The number of benzene rings is 3. The maximum atomic E-state index is 14.0. The Kier molecular flexibility index (Phi) is 10.9. The Morgan fingerprint density at radius 1 is 0.895 bits per heavy atom. The van der Waals surface area contributed by atoms with Crippen LogP contribution < -0.4 is 9.62 Å². The molecule has 3 aromatic rings. The summed E-state index contributed by atoms with van der Waals surface area (Å²) in [6, 6.07) is 22.9. The molecule has 0 aliphatic heterocycles. The number of sulfonamides is 1. The van der Waals surface area contributed by atoms with E-state index < -0.39 is 28.5 Å². The fourth-order valence-electron chi connectivity index (χ4n) is 3.96. The van der Waals surface area contributed by atoms with Gasteiger partial charge in [0, 0.05) is 28.5 Å². The van der Waals surface area contributed by atoms with Gasteiger partial charge < -0.3 is 10.2 Å². The van der Waals surface area contributed by atoms with Gasteiger partial charge in [0.05, 0.1) is 11.9 Å². The smallest absolute Gasteiger partial charge is 0.244 e. The van der Waals surface area contributed by atoms with Crippen molar-refractivity contribution in [2.24, 2.45) is 0 Å². The SMILES string of the molecule is CCCNC(=O)C(Cc1ccccc1)N(Cc1ccc(Br)cc1)C(=O)CN(c1ccccc1Br)S(C)(=O)=O. The van der Waals surface area contributed by atoms with Crippen LogP contribution in [0.5, 0.6) is 0 Å². The number of halogens is 2. The Hall–Kier alpha value is -2.69. The summed E-state index contributed by atoms with van der Waals surface area (Å²) in [6.45, 7) is 2.11. The van der Waals surface area contributed by atoms with Gasteiger partial charge >= 0.3 is 0 Å². The second-order valence-corrected chi connectivity index (χ2v) is 12.5. The van der Waals surface area contributed by atoms with Gasteiger partial charge in [-0.3, -0.25) is 13.9 Å². The molecular weight excluding hydrogens is 634 g/mol. The maximum absolute atomic E-state index is 14.0. The molecule has 0 radical (unpaired) electrons. The predicted octanol–water partition coefficient (Wildman–Crippen LogP) is 5.14. The fourth-order valence-corrected chi connectivity index (χ4v) is 5.70. The van der Waals surface area contributed by atoms with Gasteiger partial charge in [-0.1, -0.05) is 77.5 Å². The average Bonchev–Trinajstić information content (AvgIpc) is 2.89. The first-order chi connectivity index (χ1) is 18.1. The van der Waals surface area contributed by atoms with Gasteiger partial charge in [-0.15, -0.1) is 0 Å². The van der Waals surface area contributed by atoms with E-state index in [1.54, 1.807) is 24.3 Å². The summed E-state index contributed by atoms with van der Waals surface area (Å²) >= 11 is 6.83. The number of carbonyl (C=O) groups is 2. The number of nitrogens with zero attached hydrogens (tertiary/aromatic N) is 2. The van der Waals surface area contributed by atoms with Crippen molar-refractivity contribution in [3.05, 3.63) is 98.9 Å². The van der Waals surface area contributed by atoms with Gasteiger partial charge in [-0.05, 0) is 57.7 Å². The monoisotopic (exact) mass is 663 g/mol. The van der Waals surface area contributed by atoms with E-state index in [4.69, 9.17) is 0 Å². The third-order valence-corrected chi connectivity index (χ3v) is 8.21. The molecule has 202 valence electrons. The van der Waals surface area contributed by atoms with Gasteiger partial charge in [-0.25, -0.2) is 8.42 Å². The summed E-state index contributed by atoms with van der Waals surface area (Å²) in [5.74, 6) is -0.769. The van der Waals surface area contributed by atoms with Crippen molar-refractivity contribution in [2.45, 2.75) is 32.4 Å². The van der Waals surface area contributed by atoms with Crippen LogP contribution in [0.25, 0.3) is 0 Å². The lowest BCUT2D eigenvalue weighted by molar-refractivity contribution is -0.140.